The van der Waals surface area contributed by atoms with Gasteiger partial charge in [-0.25, -0.2) is 0 Å². The van der Waals surface area contributed by atoms with Crippen LogP contribution < -0.4 is 0 Å². The number of aliphatic hydroxyl groups is 1. The van der Waals surface area contributed by atoms with E-state index in [-0.39, 0.29) is 0 Å². The quantitative estimate of drug-likeness (QED) is 0.767. The van der Waals surface area contributed by atoms with E-state index in [2.05, 4.69) is 0 Å². The predicted octanol–water partition coefficient (Wildman–Crippen LogP) is 1.93. The van der Waals surface area contributed by atoms with Gasteiger partial charge in [-0.05, 0) is 12.0 Å². The highest BCUT2D eigenvalue weighted by Crippen LogP contribution is 2.24. The molecule has 0 aliphatic rings. The van der Waals surface area contributed by atoms with Crippen LogP contribution in [0.15, 0.2) is 30.3 Å². The molecule has 0 aliphatic carbocycles. The highest BCUT2D eigenvalue weighted by Gasteiger charge is 2.26. The molecular formula is C11H16O2. The summed E-state index contributed by atoms with van der Waals surface area (Å²) in [7, 11) is 1.60. The third-order valence-electron chi connectivity index (χ3n) is 2.28. The Balaban J connectivity index is 2.89. The Bertz CT molecular complexity index is 246. The highest BCUT2D eigenvalue weighted by molar-refractivity contribution is 5.22. The Hall–Kier alpha value is -0.860. The van der Waals surface area contributed by atoms with Crippen molar-refractivity contribution in [1.29, 1.82) is 0 Å². The van der Waals surface area contributed by atoms with Gasteiger partial charge in [0.25, 0.3) is 0 Å². The van der Waals surface area contributed by atoms with Gasteiger partial charge >= 0.3 is 0 Å². The van der Waals surface area contributed by atoms with Crippen molar-refractivity contribution < 1.29 is 9.84 Å². The summed E-state index contributed by atoms with van der Waals surface area (Å²) >= 11 is 0. The van der Waals surface area contributed by atoms with E-state index in [9.17, 15) is 5.11 Å². The monoisotopic (exact) mass is 180 g/mol. The van der Waals surface area contributed by atoms with E-state index < -0.39 is 5.60 Å². The average Bonchev–Trinajstić information content (AvgIpc) is 2.19. The summed E-state index contributed by atoms with van der Waals surface area (Å²) in [5.74, 6) is 0. The number of rotatable bonds is 4. The van der Waals surface area contributed by atoms with Crippen LogP contribution in [0.2, 0.25) is 0 Å². The SMILES string of the molecule is CCC(O)(COC)c1ccccc1. The summed E-state index contributed by atoms with van der Waals surface area (Å²) < 4.78 is 5.00. The lowest BCUT2D eigenvalue weighted by atomic mass is 9.92. The molecule has 72 valence electrons. The summed E-state index contributed by atoms with van der Waals surface area (Å²) in [4.78, 5) is 0. The van der Waals surface area contributed by atoms with Crippen molar-refractivity contribution in [1.82, 2.24) is 0 Å². The first kappa shape index (κ1) is 10.2. The van der Waals surface area contributed by atoms with Crippen LogP contribution >= 0.6 is 0 Å². The van der Waals surface area contributed by atoms with Crippen molar-refractivity contribution in [3.63, 3.8) is 0 Å². The third kappa shape index (κ3) is 2.29. The second-order valence-corrected chi connectivity index (χ2v) is 3.18. The van der Waals surface area contributed by atoms with Gasteiger partial charge in [-0.3, -0.25) is 0 Å². The van der Waals surface area contributed by atoms with Crippen molar-refractivity contribution in [2.75, 3.05) is 13.7 Å². The second kappa shape index (κ2) is 4.40. The minimum absolute atomic E-state index is 0.341. The molecule has 1 unspecified atom stereocenters. The molecule has 0 aliphatic heterocycles. The molecule has 13 heavy (non-hydrogen) atoms. The van der Waals surface area contributed by atoms with Gasteiger partial charge in [0, 0.05) is 7.11 Å². The van der Waals surface area contributed by atoms with Crippen LogP contribution in [0.4, 0.5) is 0 Å². The largest absolute Gasteiger partial charge is 0.383 e. The molecule has 1 aromatic rings. The van der Waals surface area contributed by atoms with Crippen LogP contribution in [0.3, 0.4) is 0 Å². The molecule has 0 saturated heterocycles. The van der Waals surface area contributed by atoms with E-state index in [1.165, 1.54) is 0 Å². The van der Waals surface area contributed by atoms with Gasteiger partial charge in [0.05, 0.1) is 6.61 Å². The van der Waals surface area contributed by atoms with Crippen molar-refractivity contribution in [2.24, 2.45) is 0 Å². The molecule has 2 heteroatoms. The molecule has 0 radical (unpaired) electrons. The van der Waals surface area contributed by atoms with Gasteiger partial charge in [-0.15, -0.1) is 0 Å². The normalized spacial score (nSPS) is 15.3. The fraction of sp³-hybridized carbons (Fsp3) is 0.455. The van der Waals surface area contributed by atoms with Crippen molar-refractivity contribution in [3.05, 3.63) is 35.9 Å². The number of hydrogen-bond acceptors (Lipinski definition) is 2. The van der Waals surface area contributed by atoms with Gasteiger partial charge in [0.15, 0.2) is 0 Å². The molecule has 1 N–H and O–H groups in total. The smallest absolute Gasteiger partial charge is 0.113 e. The van der Waals surface area contributed by atoms with Crippen LogP contribution in [0.1, 0.15) is 18.9 Å². The number of hydrogen-bond donors (Lipinski definition) is 1. The van der Waals surface area contributed by atoms with Crippen LogP contribution in [-0.2, 0) is 10.3 Å². The van der Waals surface area contributed by atoms with E-state index >= 15 is 0 Å². The van der Waals surface area contributed by atoms with Gasteiger partial charge in [0.2, 0.25) is 0 Å². The maximum atomic E-state index is 10.2. The summed E-state index contributed by atoms with van der Waals surface area (Å²) in [6, 6.07) is 9.62. The summed E-state index contributed by atoms with van der Waals surface area (Å²) in [5, 5.41) is 10.2. The zero-order chi connectivity index (χ0) is 9.73. The van der Waals surface area contributed by atoms with Gasteiger partial charge in [-0.2, -0.15) is 0 Å². The average molecular weight is 180 g/mol. The van der Waals surface area contributed by atoms with Crippen molar-refractivity contribution >= 4 is 0 Å². The zero-order valence-corrected chi connectivity index (χ0v) is 8.16. The van der Waals surface area contributed by atoms with E-state index in [0.29, 0.717) is 13.0 Å². The first-order chi connectivity index (χ1) is 6.23. The fourth-order valence-corrected chi connectivity index (χ4v) is 1.38. The molecule has 0 saturated carbocycles. The molecule has 0 aromatic heterocycles. The Morgan fingerprint density at radius 3 is 2.38 bits per heavy atom. The number of ether oxygens (including phenoxy) is 1. The van der Waals surface area contributed by atoms with E-state index in [4.69, 9.17) is 4.74 Å². The topological polar surface area (TPSA) is 29.5 Å². The minimum atomic E-state index is -0.837. The molecule has 0 bridgehead atoms. The first-order valence-electron chi connectivity index (χ1n) is 4.50. The predicted molar refractivity (Wildman–Crippen MR) is 52.5 cm³/mol. The lowest BCUT2D eigenvalue weighted by molar-refractivity contribution is -0.0386. The lowest BCUT2D eigenvalue weighted by Gasteiger charge is -2.26. The fourth-order valence-electron chi connectivity index (χ4n) is 1.38. The molecule has 0 fully saturated rings. The maximum absolute atomic E-state index is 10.2. The first-order valence-corrected chi connectivity index (χ1v) is 4.50. The number of benzene rings is 1. The van der Waals surface area contributed by atoms with E-state index in [1.807, 2.05) is 37.3 Å². The van der Waals surface area contributed by atoms with E-state index in [1.54, 1.807) is 7.11 Å². The van der Waals surface area contributed by atoms with Crippen LogP contribution in [0, 0.1) is 0 Å². The maximum Gasteiger partial charge on any atom is 0.113 e. The third-order valence-corrected chi connectivity index (χ3v) is 2.28. The van der Waals surface area contributed by atoms with Gasteiger partial charge < -0.3 is 9.84 Å². The van der Waals surface area contributed by atoms with Crippen LogP contribution in [0.25, 0.3) is 0 Å². The standard InChI is InChI=1S/C11H16O2/c1-3-11(12,9-13-2)10-7-5-4-6-8-10/h4-8,12H,3,9H2,1-2H3. The Kier molecular flexibility index (Phi) is 3.46. The van der Waals surface area contributed by atoms with Gasteiger partial charge in [-0.1, -0.05) is 37.3 Å². The summed E-state index contributed by atoms with van der Waals surface area (Å²) in [6.07, 6.45) is 0.658. The second-order valence-electron chi connectivity index (χ2n) is 3.18. The Morgan fingerprint density at radius 1 is 1.31 bits per heavy atom. The minimum Gasteiger partial charge on any atom is -0.383 e. The van der Waals surface area contributed by atoms with Crippen LogP contribution in [0.5, 0.6) is 0 Å². The summed E-state index contributed by atoms with van der Waals surface area (Å²) in [6.45, 7) is 2.29. The number of methoxy groups -OCH3 is 1. The molecule has 0 heterocycles. The molecule has 1 rings (SSSR count). The molecule has 2 nitrogen and oxygen atoms in total. The zero-order valence-electron chi connectivity index (χ0n) is 8.16. The molecular weight excluding hydrogens is 164 g/mol. The van der Waals surface area contributed by atoms with Gasteiger partial charge in [0.1, 0.15) is 5.60 Å². The van der Waals surface area contributed by atoms with Crippen molar-refractivity contribution in [2.45, 2.75) is 18.9 Å². The summed E-state index contributed by atoms with van der Waals surface area (Å²) in [5.41, 5.74) is 0.0788. The van der Waals surface area contributed by atoms with Crippen LogP contribution in [-0.4, -0.2) is 18.8 Å². The molecule has 0 spiro atoms. The molecule has 1 atom stereocenters. The molecule has 0 amide bonds. The Labute approximate surface area is 79.2 Å². The van der Waals surface area contributed by atoms with Crippen molar-refractivity contribution in [3.8, 4) is 0 Å². The highest BCUT2D eigenvalue weighted by atomic mass is 16.5. The molecule has 1 aromatic carbocycles. The Morgan fingerprint density at radius 2 is 1.92 bits per heavy atom. The van der Waals surface area contributed by atoms with E-state index in [0.717, 1.165) is 5.56 Å². The lowest BCUT2D eigenvalue weighted by Crippen LogP contribution is -2.30.